The maximum Gasteiger partial charge on any atom is 0.119 e. The summed E-state index contributed by atoms with van der Waals surface area (Å²) in [6, 6.07) is 7.11. The van der Waals surface area contributed by atoms with Crippen LogP contribution in [0.5, 0.6) is 5.75 Å². The highest BCUT2D eigenvalue weighted by atomic mass is 16.5. The number of benzene rings is 1. The SMILES string of the molecule is CCOc1ccc(NC2CCCC(N)C2)c(C)c1. The van der Waals surface area contributed by atoms with Crippen LogP contribution >= 0.6 is 0 Å². The Bertz CT molecular complexity index is 392. The van der Waals surface area contributed by atoms with Gasteiger partial charge in [0.25, 0.3) is 0 Å². The quantitative estimate of drug-likeness (QED) is 0.861. The van der Waals surface area contributed by atoms with Crippen LogP contribution in [0.1, 0.15) is 38.2 Å². The Labute approximate surface area is 110 Å². The second kappa shape index (κ2) is 6.10. The lowest BCUT2D eigenvalue weighted by atomic mass is 9.91. The third-order valence-electron chi connectivity index (χ3n) is 3.58. The highest BCUT2D eigenvalue weighted by Gasteiger charge is 2.19. The fourth-order valence-corrected chi connectivity index (χ4v) is 2.63. The summed E-state index contributed by atoms with van der Waals surface area (Å²) < 4.78 is 5.50. The van der Waals surface area contributed by atoms with E-state index < -0.39 is 0 Å². The summed E-state index contributed by atoms with van der Waals surface area (Å²) in [6.07, 6.45) is 4.70. The van der Waals surface area contributed by atoms with Gasteiger partial charge in [0.15, 0.2) is 0 Å². The average molecular weight is 248 g/mol. The van der Waals surface area contributed by atoms with Crippen LogP contribution in [0.4, 0.5) is 5.69 Å². The fourth-order valence-electron chi connectivity index (χ4n) is 2.63. The van der Waals surface area contributed by atoms with Crippen molar-refractivity contribution in [1.82, 2.24) is 0 Å². The van der Waals surface area contributed by atoms with Gasteiger partial charge in [-0.05, 0) is 63.3 Å². The maximum absolute atomic E-state index is 6.02. The molecule has 0 aromatic heterocycles. The lowest BCUT2D eigenvalue weighted by Gasteiger charge is -2.28. The normalized spacial score (nSPS) is 23.7. The Balaban J connectivity index is 2.00. The van der Waals surface area contributed by atoms with Gasteiger partial charge in [0.2, 0.25) is 0 Å². The number of rotatable bonds is 4. The predicted molar refractivity (Wildman–Crippen MR) is 76.2 cm³/mol. The number of hydrogen-bond donors (Lipinski definition) is 2. The molecule has 2 rings (SSSR count). The Kier molecular flexibility index (Phi) is 4.48. The Morgan fingerprint density at radius 1 is 1.39 bits per heavy atom. The van der Waals surface area contributed by atoms with Crippen LogP contribution in [-0.2, 0) is 0 Å². The molecule has 0 bridgehead atoms. The van der Waals surface area contributed by atoms with Gasteiger partial charge in [-0.2, -0.15) is 0 Å². The van der Waals surface area contributed by atoms with Gasteiger partial charge in [-0.3, -0.25) is 0 Å². The summed E-state index contributed by atoms with van der Waals surface area (Å²) in [5.74, 6) is 0.945. The van der Waals surface area contributed by atoms with Crippen LogP contribution in [-0.4, -0.2) is 18.7 Å². The number of anilines is 1. The van der Waals surface area contributed by atoms with Gasteiger partial charge in [0.05, 0.1) is 6.61 Å². The third kappa shape index (κ3) is 3.39. The third-order valence-corrected chi connectivity index (χ3v) is 3.58. The molecule has 2 atom stereocenters. The van der Waals surface area contributed by atoms with Crippen LogP contribution < -0.4 is 15.8 Å². The maximum atomic E-state index is 6.02. The van der Waals surface area contributed by atoms with Crippen LogP contribution in [0.15, 0.2) is 18.2 Å². The van der Waals surface area contributed by atoms with Crippen LogP contribution in [0, 0.1) is 6.92 Å². The molecule has 0 amide bonds. The molecular formula is C15H24N2O. The molecule has 3 N–H and O–H groups in total. The van der Waals surface area contributed by atoms with Gasteiger partial charge in [-0.1, -0.05) is 0 Å². The summed E-state index contributed by atoms with van der Waals surface area (Å²) in [5, 5.41) is 3.61. The summed E-state index contributed by atoms with van der Waals surface area (Å²) in [5.41, 5.74) is 8.46. The topological polar surface area (TPSA) is 47.3 Å². The van der Waals surface area contributed by atoms with Gasteiger partial charge in [0, 0.05) is 17.8 Å². The van der Waals surface area contributed by atoms with E-state index in [1.54, 1.807) is 0 Å². The Morgan fingerprint density at radius 2 is 2.22 bits per heavy atom. The molecule has 0 radical (unpaired) electrons. The molecule has 1 aliphatic carbocycles. The van der Waals surface area contributed by atoms with Crippen molar-refractivity contribution in [3.05, 3.63) is 23.8 Å². The molecular weight excluding hydrogens is 224 g/mol. The monoisotopic (exact) mass is 248 g/mol. The smallest absolute Gasteiger partial charge is 0.119 e. The molecule has 0 saturated heterocycles. The number of nitrogens with one attached hydrogen (secondary N) is 1. The Hall–Kier alpha value is -1.22. The molecule has 1 aromatic carbocycles. The van der Waals surface area contributed by atoms with Crippen molar-refractivity contribution < 1.29 is 4.74 Å². The highest BCUT2D eigenvalue weighted by molar-refractivity contribution is 5.54. The molecule has 1 saturated carbocycles. The van der Waals surface area contributed by atoms with Crippen molar-refractivity contribution in [3.63, 3.8) is 0 Å². The number of aryl methyl sites for hydroxylation is 1. The fraction of sp³-hybridized carbons (Fsp3) is 0.600. The van der Waals surface area contributed by atoms with Gasteiger partial charge < -0.3 is 15.8 Å². The summed E-state index contributed by atoms with van der Waals surface area (Å²) in [7, 11) is 0. The van der Waals surface area contributed by atoms with Crippen molar-refractivity contribution in [2.24, 2.45) is 5.73 Å². The molecule has 100 valence electrons. The van der Waals surface area contributed by atoms with Crippen LogP contribution in [0.3, 0.4) is 0 Å². The van der Waals surface area contributed by atoms with Gasteiger partial charge in [0.1, 0.15) is 5.75 Å². The second-order valence-corrected chi connectivity index (χ2v) is 5.18. The zero-order valence-corrected chi connectivity index (χ0v) is 11.4. The zero-order chi connectivity index (χ0) is 13.0. The first-order valence-electron chi connectivity index (χ1n) is 6.94. The minimum Gasteiger partial charge on any atom is -0.494 e. The molecule has 0 aliphatic heterocycles. The predicted octanol–water partition coefficient (Wildman–Crippen LogP) is 3.08. The minimum atomic E-state index is 0.360. The molecule has 3 nitrogen and oxygen atoms in total. The molecule has 3 heteroatoms. The van der Waals surface area contributed by atoms with E-state index in [1.807, 2.05) is 13.0 Å². The van der Waals surface area contributed by atoms with Crippen molar-refractivity contribution in [2.75, 3.05) is 11.9 Å². The van der Waals surface area contributed by atoms with Crippen molar-refractivity contribution >= 4 is 5.69 Å². The first-order chi connectivity index (χ1) is 8.69. The average Bonchev–Trinajstić information content (AvgIpc) is 2.33. The van der Waals surface area contributed by atoms with E-state index in [4.69, 9.17) is 10.5 Å². The molecule has 0 spiro atoms. The van der Waals surface area contributed by atoms with E-state index in [1.165, 1.54) is 30.5 Å². The lowest BCUT2D eigenvalue weighted by Crippen LogP contribution is -2.35. The molecule has 0 heterocycles. The van der Waals surface area contributed by atoms with E-state index in [9.17, 15) is 0 Å². The van der Waals surface area contributed by atoms with Crippen LogP contribution in [0.25, 0.3) is 0 Å². The first-order valence-corrected chi connectivity index (χ1v) is 6.94. The number of hydrogen-bond acceptors (Lipinski definition) is 3. The van der Waals surface area contributed by atoms with E-state index in [2.05, 4.69) is 24.4 Å². The molecule has 2 unspecified atom stereocenters. The van der Waals surface area contributed by atoms with Crippen molar-refractivity contribution in [2.45, 2.75) is 51.6 Å². The van der Waals surface area contributed by atoms with E-state index in [0.29, 0.717) is 18.7 Å². The summed E-state index contributed by atoms with van der Waals surface area (Å²) >= 11 is 0. The lowest BCUT2D eigenvalue weighted by molar-refractivity contribution is 0.340. The molecule has 1 fully saturated rings. The van der Waals surface area contributed by atoms with Crippen molar-refractivity contribution in [3.8, 4) is 5.75 Å². The largest absolute Gasteiger partial charge is 0.494 e. The zero-order valence-electron chi connectivity index (χ0n) is 11.4. The Morgan fingerprint density at radius 3 is 2.89 bits per heavy atom. The van der Waals surface area contributed by atoms with Gasteiger partial charge >= 0.3 is 0 Å². The van der Waals surface area contributed by atoms with E-state index >= 15 is 0 Å². The molecule has 1 aromatic rings. The number of ether oxygens (including phenoxy) is 1. The van der Waals surface area contributed by atoms with Gasteiger partial charge in [-0.25, -0.2) is 0 Å². The number of nitrogens with two attached hydrogens (primary N) is 1. The summed E-state index contributed by atoms with van der Waals surface area (Å²) in [6.45, 7) is 4.84. The second-order valence-electron chi connectivity index (χ2n) is 5.18. The first kappa shape index (κ1) is 13.2. The van der Waals surface area contributed by atoms with E-state index in [-0.39, 0.29) is 0 Å². The van der Waals surface area contributed by atoms with Crippen molar-refractivity contribution in [1.29, 1.82) is 0 Å². The summed E-state index contributed by atoms with van der Waals surface area (Å²) in [4.78, 5) is 0. The standard InChI is InChI=1S/C15H24N2O/c1-3-18-14-7-8-15(11(2)9-14)17-13-6-4-5-12(16)10-13/h7-9,12-13,17H,3-6,10,16H2,1-2H3. The van der Waals surface area contributed by atoms with Gasteiger partial charge in [-0.15, -0.1) is 0 Å². The van der Waals surface area contributed by atoms with Crippen LogP contribution in [0.2, 0.25) is 0 Å². The minimum absolute atomic E-state index is 0.360. The van der Waals surface area contributed by atoms with E-state index in [0.717, 1.165) is 12.2 Å². The molecule has 1 aliphatic rings. The highest BCUT2D eigenvalue weighted by Crippen LogP contribution is 2.25. The molecule has 18 heavy (non-hydrogen) atoms.